The number of hydrogen-bond donors (Lipinski definition) is 6. The number of aliphatic imine (C=N–C) groups is 1. The number of hydrogen-bond acceptors (Lipinski definition) is 6. The van der Waals surface area contributed by atoms with Gasteiger partial charge in [0.15, 0.2) is 11.7 Å². The lowest BCUT2D eigenvalue weighted by Gasteiger charge is -2.17. The molecule has 12 nitrogen and oxygen atoms in total. The Morgan fingerprint density at radius 2 is 0.917 bits per heavy atom. The average molecular weight is 686 g/mol. The first-order valence-corrected chi connectivity index (χ1v) is 18.6. The molecule has 282 valence electrons. The van der Waals surface area contributed by atoms with Crippen molar-refractivity contribution in [1.82, 2.24) is 10.6 Å². The van der Waals surface area contributed by atoms with Crippen LogP contribution in [0.1, 0.15) is 176 Å². The highest BCUT2D eigenvalue weighted by Gasteiger charge is 2.22. The summed E-state index contributed by atoms with van der Waals surface area (Å²) in [6.45, 7) is 9.70. The number of ketones is 1. The van der Waals surface area contributed by atoms with Crippen molar-refractivity contribution in [2.24, 2.45) is 16.5 Å². The highest BCUT2D eigenvalue weighted by molar-refractivity contribution is 5.88. The molecule has 0 bridgehead atoms. The molecule has 2 amide bonds. The van der Waals surface area contributed by atoms with Crippen LogP contribution in [-0.4, -0.2) is 64.3 Å². The van der Waals surface area contributed by atoms with Gasteiger partial charge in [0, 0.05) is 25.8 Å². The Labute approximate surface area is 291 Å². The molecule has 0 saturated carbocycles. The van der Waals surface area contributed by atoms with Crippen molar-refractivity contribution in [3.8, 4) is 0 Å². The van der Waals surface area contributed by atoms with Crippen LogP contribution in [0.15, 0.2) is 4.99 Å². The molecule has 12 heteroatoms. The highest BCUT2D eigenvalue weighted by atomic mass is 16.4. The number of aliphatic carboxylic acids is 2. The highest BCUT2D eigenvalue weighted by Crippen LogP contribution is 2.14. The predicted octanol–water partition coefficient (Wildman–Crippen LogP) is 6.62. The van der Waals surface area contributed by atoms with E-state index in [9.17, 15) is 29.1 Å². The van der Waals surface area contributed by atoms with Gasteiger partial charge in [-0.25, -0.2) is 4.79 Å². The van der Waals surface area contributed by atoms with Crippen LogP contribution < -0.4 is 22.1 Å². The number of carboxylic acids is 2. The van der Waals surface area contributed by atoms with Crippen molar-refractivity contribution >= 4 is 35.5 Å². The number of rotatable bonds is 30. The maximum absolute atomic E-state index is 12.3. The normalized spacial score (nSPS) is 11.4. The van der Waals surface area contributed by atoms with Gasteiger partial charge in [-0.15, -0.1) is 0 Å². The molecule has 0 fully saturated rings. The molecule has 0 aliphatic carbocycles. The summed E-state index contributed by atoms with van der Waals surface area (Å²) in [5.41, 5.74) is 10.5. The molecule has 0 aromatic rings. The number of carbonyl (C=O) groups is 5. The second-order valence-electron chi connectivity index (χ2n) is 11.7. The molecule has 2 unspecified atom stereocenters. The van der Waals surface area contributed by atoms with Gasteiger partial charge >= 0.3 is 11.9 Å². The maximum Gasteiger partial charge on any atom is 0.326 e. The van der Waals surface area contributed by atoms with Crippen molar-refractivity contribution in [2.45, 2.75) is 188 Å². The monoisotopic (exact) mass is 686 g/mol. The molecule has 0 aliphatic heterocycles. The summed E-state index contributed by atoms with van der Waals surface area (Å²) in [5, 5.41) is 23.2. The Morgan fingerprint density at radius 1 is 0.542 bits per heavy atom. The molecule has 0 aromatic carbocycles. The van der Waals surface area contributed by atoms with Crippen molar-refractivity contribution < 1.29 is 34.2 Å². The first kappa shape index (κ1) is 49.2. The van der Waals surface area contributed by atoms with E-state index in [0.29, 0.717) is 25.8 Å². The van der Waals surface area contributed by atoms with E-state index in [-0.39, 0.29) is 43.3 Å². The molecule has 0 spiro atoms. The van der Waals surface area contributed by atoms with Gasteiger partial charge in [0.05, 0.1) is 6.04 Å². The molecular formula is C36H71N5O7. The van der Waals surface area contributed by atoms with E-state index >= 15 is 0 Å². The number of nitrogens with one attached hydrogen (secondary N) is 2. The van der Waals surface area contributed by atoms with E-state index in [1.165, 1.54) is 64.7 Å². The minimum atomic E-state index is -1.20. The van der Waals surface area contributed by atoms with E-state index in [0.717, 1.165) is 38.5 Å². The fourth-order valence-electron chi connectivity index (χ4n) is 4.98. The van der Waals surface area contributed by atoms with Crippen molar-refractivity contribution in [3.05, 3.63) is 0 Å². The summed E-state index contributed by atoms with van der Waals surface area (Å²) >= 11 is 0. The lowest BCUT2D eigenvalue weighted by molar-refractivity contribution is -0.142. The van der Waals surface area contributed by atoms with E-state index in [2.05, 4.69) is 15.6 Å². The Balaban J connectivity index is -0.00000486. The number of nitrogens with two attached hydrogens (primary N) is 2. The van der Waals surface area contributed by atoms with Gasteiger partial charge in [-0.05, 0) is 39.0 Å². The first-order chi connectivity index (χ1) is 23.0. The molecule has 0 saturated heterocycles. The molecule has 0 aromatic heterocycles. The number of carbonyl (C=O) groups excluding carboxylic acids is 3. The summed E-state index contributed by atoms with van der Waals surface area (Å²) in [6, 6.07) is -1.87. The fraction of sp³-hybridized carbons (Fsp3) is 0.833. The lowest BCUT2D eigenvalue weighted by atomic mass is 10.0. The molecule has 0 heterocycles. The zero-order valence-electron chi connectivity index (χ0n) is 31.0. The minimum absolute atomic E-state index is 0.0454. The number of nitrogens with zero attached hydrogens (tertiary/aromatic N) is 1. The van der Waals surface area contributed by atoms with Crippen LogP contribution in [-0.2, 0) is 24.0 Å². The maximum atomic E-state index is 12.3. The Kier molecular flexibility index (Phi) is 37.6. The fourth-order valence-corrected chi connectivity index (χ4v) is 4.98. The third kappa shape index (κ3) is 35.7. The third-order valence-corrected chi connectivity index (χ3v) is 7.61. The number of amides is 2. The number of unbranched alkanes of at least 4 members (excludes halogenated alkanes) is 15. The molecule has 0 radical (unpaired) electrons. The zero-order valence-corrected chi connectivity index (χ0v) is 31.0. The van der Waals surface area contributed by atoms with Gasteiger partial charge in [0.1, 0.15) is 6.04 Å². The predicted molar refractivity (Wildman–Crippen MR) is 195 cm³/mol. The molecule has 0 aliphatic rings. The van der Waals surface area contributed by atoms with E-state index in [1.54, 1.807) is 0 Å². The molecule has 0 rings (SSSR count). The average Bonchev–Trinajstić information content (AvgIpc) is 3.05. The quantitative estimate of drug-likeness (QED) is 0.0272. The van der Waals surface area contributed by atoms with Crippen molar-refractivity contribution in [3.63, 3.8) is 0 Å². The van der Waals surface area contributed by atoms with Crippen LogP contribution in [0.5, 0.6) is 0 Å². The standard InChI is InChI=1S/C32H59N5O7.2C2H6/c1-25(38)26(19-18-24-35-32(33)34)36-29(40)23-22-27(31(43)44)37-28(39)20-16-14-12-10-8-6-4-2-3-5-7-9-11-13-15-17-21-30(41)42;2*1-2/h26-27H,2-24H2,1H3,(H,36,40)(H,37,39)(H,41,42)(H,43,44)(H4,33,34,35);2*1-2H3. The largest absolute Gasteiger partial charge is 0.481 e. The van der Waals surface area contributed by atoms with Crippen molar-refractivity contribution in [2.75, 3.05) is 6.54 Å². The summed E-state index contributed by atoms with van der Waals surface area (Å²) in [7, 11) is 0. The first-order valence-electron chi connectivity index (χ1n) is 18.6. The van der Waals surface area contributed by atoms with Crippen LogP contribution in [0.3, 0.4) is 0 Å². The Bertz CT molecular complexity index is 864. The summed E-state index contributed by atoms with van der Waals surface area (Å²) in [6.07, 6.45) is 19.1. The number of guanidine groups is 1. The Morgan fingerprint density at radius 3 is 1.29 bits per heavy atom. The minimum Gasteiger partial charge on any atom is -0.481 e. The second-order valence-corrected chi connectivity index (χ2v) is 11.7. The van der Waals surface area contributed by atoms with Gasteiger partial charge in [0.2, 0.25) is 11.8 Å². The van der Waals surface area contributed by atoms with Gasteiger partial charge in [-0.1, -0.05) is 118 Å². The SMILES string of the molecule is CC.CC.CC(=O)C(CCCN=C(N)N)NC(=O)CCC(NC(=O)CCCCCCCCCCCCCCCCCCC(=O)O)C(=O)O. The van der Waals surface area contributed by atoms with Gasteiger partial charge in [-0.3, -0.25) is 24.2 Å². The Hall–Kier alpha value is -3.18. The van der Waals surface area contributed by atoms with Crippen LogP contribution in [0.2, 0.25) is 0 Å². The smallest absolute Gasteiger partial charge is 0.326 e. The van der Waals surface area contributed by atoms with Crippen LogP contribution >= 0.6 is 0 Å². The number of Topliss-reactive ketones (excluding diaryl/α,β-unsaturated/α-hetero) is 1. The van der Waals surface area contributed by atoms with Crippen LogP contribution in [0, 0.1) is 0 Å². The van der Waals surface area contributed by atoms with E-state index < -0.39 is 29.9 Å². The third-order valence-electron chi connectivity index (χ3n) is 7.61. The lowest BCUT2D eigenvalue weighted by Crippen LogP contribution is -2.43. The van der Waals surface area contributed by atoms with Gasteiger partial charge in [0.25, 0.3) is 0 Å². The van der Waals surface area contributed by atoms with Gasteiger partial charge < -0.3 is 32.3 Å². The van der Waals surface area contributed by atoms with Crippen LogP contribution in [0.4, 0.5) is 0 Å². The zero-order chi connectivity index (χ0) is 37.0. The van der Waals surface area contributed by atoms with Crippen LogP contribution in [0.25, 0.3) is 0 Å². The molecule has 8 N–H and O–H groups in total. The summed E-state index contributed by atoms with van der Waals surface area (Å²) < 4.78 is 0. The summed E-state index contributed by atoms with van der Waals surface area (Å²) in [5.74, 6) is -2.95. The molecular weight excluding hydrogens is 614 g/mol. The molecule has 48 heavy (non-hydrogen) atoms. The second kappa shape index (κ2) is 36.7. The topological polar surface area (TPSA) is 214 Å². The summed E-state index contributed by atoms with van der Waals surface area (Å²) in [4.78, 5) is 62.4. The number of carboxylic acid groups (broad SMARTS) is 2. The van der Waals surface area contributed by atoms with Crippen molar-refractivity contribution in [1.29, 1.82) is 0 Å². The van der Waals surface area contributed by atoms with E-state index in [1.807, 2.05) is 27.7 Å². The molecule has 2 atom stereocenters. The van der Waals surface area contributed by atoms with Gasteiger partial charge in [-0.2, -0.15) is 0 Å². The van der Waals surface area contributed by atoms with E-state index in [4.69, 9.17) is 16.6 Å².